The lowest BCUT2D eigenvalue weighted by Gasteiger charge is -2.32. The summed E-state index contributed by atoms with van der Waals surface area (Å²) in [6.07, 6.45) is 4.49. The fourth-order valence-corrected chi connectivity index (χ4v) is 2.56. The van der Waals surface area contributed by atoms with Crippen molar-refractivity contribution < 1.29 is 4.74 Å². The van der Waals surface area contributed by atoms with E-state index in [0.717, 1.165) is 37.1 Å². The van der Waals surface area contributed by atoms with Gasteiger partial charge in [-0.2, -0.15) is 0 Å². The number of aromatic nitrogens is 1. The third-order valence-electron chi connectivity index (χ3n) is 3.90. The zero-order chi connectivity index (χ0) is 15.9. The van der Waals surface area contributed by atoms with Crippen LogP contribution in [0.5, 0.6) is 5.88 Å². The van der Waals surface area contributed by atoms with Gasteiger partial charge in [-0.3, -0.25) is 4.99 Å². The number of piperidine rings is 1. The van der Waals surface area contributed by atoms with Gasteiger partial charge in [-0.15, -0.1) is 24.0 Å². The van der Waals surface area contributed by atoms with Crippen molar-refractivity contribution >= 4 is 29.9 Å². The topological polar surface area (TPSA) is 49.8 Å². The van der Waals surface area contributed by atoms with Gasteiger partial charge in [0, 0.05) is 38.9 Å². The van der Waals surface area contributed by atoms with E-state index in [-0.39, 0.29) is 30.1 Å². The molecule has 1 aliphatic heterocycles. The number of pyridine rings is 1. The first-order chi connectivity index (χ1) is 10.6. The van der Waals surface area contributed by atoms with Crippen molar-refractivity contribution in [3.8, 4) is 5.88 Å². The molecule has 0 unspecified atom stereocenters. The van der Waals surface area contributed by atoms with Crippen molar-refractivity contribution in [2.24, 2.45) is 10.9 Å². The monoisotopic (exact) mass is 432 g/mol. The highest BCUT2D eigenvalue weighted by atomic mass is 127. The van der Waals surface area contributed by atoms with Crippen LogP contribution in [0.1, 0.15) is 39.2 Å². The maximum absolute atomic E-state index is 5.56. The summed E-state index contributed by atoms with van der Waals surface area (Å²) in [6.45, 7) is 9.22. The van der Waals surface area contributed by atoms with Crippen LogP contribution in [0.25, 0.3) is 0 Å². The zero-order valence-corrected chi connectivity index (χ0v) is 16.9. The van der Waals surface area contributed by atoms with E-state index in [1.54, 1.807) is 0 Å². The molecule has 0 aliphatic carbocycles. The molecule has 1 aliphatic rings. The van der Waals surface area contributed by atoms with E-state index in [2.05, 4.69) is 27.1 Å². The second kappa shape index (κ2) is 9.95. The molecule has 1 fully saturated rings. The summed E-state index contributed by atoms with van der Waals surface area (Å²) in [5, 5.41) is 3.43. The fraction of sp³-hybridized carbons (Fsp3) is 0.647. The van der Waals surface area contributed by atoms with E-state index in [1.165, 1.54) is 12.8 Å². The van der Waals surface area contributed by atoms with Crippen LogP contribution in [-0.2, 0) is 6.54 Å². The van der Waals surface area contributed by atoms with Crippen LogP contribution in [0.2, 0.25) is 0 Å². The summed E-state index contributed by atoms with van der Waals surface area (Å²) < 4.78 is 5.56. The Labute approximate surface area is 156 Å². The van der Waals surface area contributed by atoms with Gasteiger partial charge in [0.25, 0.3) is 0 Å². The average Bonchev–Trinajstić information content (AvgIpc) is 2.50. The lowest BCUT2D eigenvalue weighted by Crippen LogP contribution is -2.45. The number of halogens is 1. The highest BCUT2D eigenvalue weighted by Crippen LogP contribution is 2.16. The molecule has 1 aromatic heterocycles. The predicted octanol–water partition coefficient (Wildman–Crippen LogP) is 3.29. The number of likely N-dealkylation sites (tertiary alicyclic amines) is 1. The Balaban J connectivity index is 0.00000264. The minimum atomic E-state index is 0. The molecule has 0 saturated carbocycles. The Kier molecular flexibility index (Phi) is 8.65. The van der Waals surface area contributed by atoms with Crippen LogP contribution >= 0.6 is 24.0 Å². The van der Waals surface area contributed by atoms with E-state index in [0.29, 0.717) is 5.88 Å². The number of hydrogen-bond donors (Lipinski definition) is 1. The molecule has 130 valence electrons. The summed E-state index contributed by atoms with van der Waals surface area (Å²) in [7, 11) is 1.85. The van der Waals surface area contributed by atoms with E-state index >= 15 is 0 Å². The van der Waals surface area contributed by atoms with Gasteiger partial charge in [0.05, 0.1) is 6.10 Å². The summed E-state index contributed by atoms with van der Waals surface area (Å²) in [6, 6.07) is 3.96. The summed E-state index contributed by atoms with van der Waals surface area (Å²) in [4.78, 5) is 11.1. The molecular formula is C17H29IN4O. The van der Waals surface area contributed by atoms with Gasteiger partial charge in [0.15, 0.2) is 5.96 Å². The van der Waals surface area contributed by atoms with Gasteiger partial charge in [0.1, 0.15) is 0 Å². The third kappa shape index (κ3) is 6.53. The molecule has 0 amide bonds. The van der Waals surface area contributed by atoms with Gasteiger partial charge < -0.3 is 15.0 Å². The number of hydrogen-bond acceptors (Lipinski definition) is 3. The lowest BCUT2D eigenvalue weighted by atomic mass is 10.00. The fourth-order valence-electron chi connectivity index (χ4n) is 2.56. The molecule has 1 aromatic rings. The number of nitrogens with zero attached hydrogens (tertiary/aromatic N) is 3. The third-order valence-corrected chi connectivity index (χ3v) is 3.90. The standard InChI is InChI=1S/C17H28N4O.HI/c1-13(2)22-16-6-5-15(11-19-16)12-20-17(18-4)21-9-7-14(3)8-10-21;/h5-6,11,13-14H,7-10,12H2,1-4H3,(H,18,20);1H. The second-order valence-corrected chi connectivity index (χ2v) is 6.24. The van der Waals surface area contributed by atoms with Crippen molar-refractivity contribution in [1.82, 2.24) is 15.2 Å². The van der Waals surface area contributed by atoms with Gasteiger partial charge in [-0.25, -0.2) is 4.98 Å². The highest BCUT2D eigenvalue weighted by Gasteiger charge is 2.18. The Bertz CT molecular complexity index is 482. The number of guanidine groups is 1. The highest BCUT2D eigenvalue weighted by molar-refractivity contribution is 14.0. The molecule has 2 heterocycles. The number of nitrogens with one attached hydrogen (secondary N) is 1. The first-order valence-corrected chi connectivity index (χ1v) is 8.15. The maximum Gasteiger partial charge on any atom is 0.213 e. The van der Waals surface area contributed by atoms with Crippen molar-refractivity contribution in [2.75, 3.05) is 20.1 Å². The largest absolute Gasteiger partial charge is 0.475 e. The van der Waals surface area contributed by atoms with Crippen LogP contribution in [0.4, 0.5) is 0 Å². The SMILES string of the molecule is CN=C(NCc1ccc(OC(C)C)nc1)N1CCC(C)CC1.I. The molecule has 2 rings (SSSR count). The van der Waals surface area contributed by atoms with E-state index in [9.17, 15) is 0 Å². The number of ether oxygens (including phenoxy) is 1. The molecule has 1 N–H and O–H groups in total. The maximum atomic E-state index is 5.56. The van der Waals surface area contributed by atoms with Crippen LogP contribution in [-0.4, -0.2) is 42.1 Å². The molecule has 0 aromatic carbocycles. The van der Waals surface area contributed by atoms with Crippen molar-refractivity contribution in [2.45, 2.75) is 46.3 Å². The quantitative estimate of drug-likeness (QED) is 0.451. The van der Waals surface area contributed by atoms with Gasteiger partial charge in [-0.05, 0) is 38.2 Å². The van der Waals surface area contributed by atoms with E-state index in [4.69, 9.17) is 4.74 Å². The van der Waals surface area contributed by atoms with Crippen LogP contribution < -0.4 is 10.1 Å². The first-order valence-electron chi connectivity index (χ1n) is 8.15. The molecule has 0 spiro atoms. The van der Waals surface area contributed by atoms with Crippen LogP contribution in [0, 0.1) is 5.92 Å². The Morgan fingerprint density at radius 2 is 2.09 bits per heavy atom. The van der Waals surface area contributed by atoms with Crippen molar-refractivity contribution in [3.05, 3.63) is 23.9 Å². The molecule has 0 bridgehead atoms. The zero-order valence-electron chi connectivity index (χ0n) is 14.6. The first kappa shape index (κ1) is 20.0. The molecule has 6 heteroatoms. The summed E-state index contributed by atoms with van der Waals surface area (Å²) in [5.41, 5.74) is 1.13. The average molecular weight is 432 g/mol. The van der Waals surface area contributed by atoms with Crippen LogP contribution in [0.3, 0.4) is 0 Å². The number of aliphatic imine (C=N–C) groups is 1. The smallest absolute Gasteiger partial charge is 0.213 e. The Hall–Kier alpha value is -1.05. The molecule has 0 radical (unpaired) electrons. The molecule has 23 heavy (non-hydrogen) atoms. The predicted molar refractivity (Wildman–Crippen MR) is 106 cm³/mol. The van der Waals surface area contributed by atoms with Crippen LogP contribution in [0.15, 0.2) is 23.3 Å². The van der Waals surface area contributed by atoms with Crippen molar-refractivity contribution in [1.29, 1.82) is 0 Å². The van der Waals surface area contributed by atoms with Gasteiger partial charge in [0.2, 0.25) is 5.88 Å². The van der Waals surface area contributed by atoms with Crippen molar-refractivity contribution in [3.63, 3.8) is 0 Å². The van der Waals surface area contributed by atoms with E-state index in [1.807, 2.05) is 39.2 Å². The normalized spacial score (nSPS) is 16.2. The molecule has 0 atom stereocenters. The Morgan fingerprint density at radius 1 is 1.39 bits per heavy atom. The number of rotatable bonds is 4. The molecular weight excluding hydrogens is 403 g/mol. The summed E-state index contributed by atoms with van der Waals surface area (Å²) >= 11 is 0. The minimum Gasteiger partial charge on any atom is -0.475 e. The molecule has 5 nitrogen and oxygen atoms in total. The second-order valence-electron chi connectivity index (χ2n) is 6.24. The minimum absolute atomic E-state index is 0. The lowest BCUT2D eigenvalue weighted by molar-refractivity contribution is 0.232. The van der Waals surface area contributed by atoms with Gasteiger partial charge in [-0.1, -0.05) is 13.0 Å². The van der Waals surface area contributed by atoms with Gasteiger partial charge >= 0.3 is 0 Å². The Morgan fingerprint density at radius 3 is 2.61 bits per heavy atom. The van der Waals surface area contributed by atoms with E-state index < -0.39 is 0 Å². The summed E-state index contributed by atoms with van der Waals surface area (Å²) in [5.74, 6) is 2.48. The molecule has 1 saturated heterocycles.